The van der Waals surface area contributed by atoms with Gasteiger partial charge in [-0.2, -0.15) is 0 Å². The fourth-order valence-corrected chi connectivity index (χ4v) is 5.51. The first-order chi connectivity index (χ1) is 12.7. The van der Waals surface area contributed by atoms with Crippen LogP contribution < -0.4 is 0 Å². The first kappa shape index (κ1) is 17.6. The van der Waals surface area contributed by atoms with E-state index in [0.29, 0.717) is 5.56 Å². The molecule has 140 valence electrons. The molecular weight excluding hydrogens is 457 g/mol. The van der Waals surface area contributed by atoms with Gasteiger partial charge in [0.1, 0.15) is 11.5 Å². The first-order valence-electron chi connectivity index (χ1n) is 9.32. The number of aromatic nitrogens is 1. The Bertz CT molecular complexity index is 1080. The van der Waals surface area contributed by atoms with Crippen molar-refractivity contribution in [2.75, 3.05) is 6.54 Å². The van der Waals surface area contributed by atoms with E-state index < -0.39 is 5.67 Å². The molecule has 27 heavy (non-hydrogen) atoms. The molecule has 2 aromatic carbocycles. The summed E-state index contributed by atoms with van der Waals surface area (Å²) in [7, 11) is 0. The smallest absolute Gasteiger partial charge is 0.130 e. The molecule has 1 aliphatic carbocycles. The van der Waals surface area contributed by atoms with Gasteiger partial charge in [-0.15, -0.1) is 0 Å². The Balaban J connectivity index is 1.87. The van der Waals surface area contributed by atoms with Crippen LogP contribution in [-0.4, -0.2) is 28.1 Å². The predicted molar refractivity (Wildman–Crippen MR) is 113 cm³/mol. The van der Waals surface area contributed by atoms with Crippen LogP contribution in [0.2, 0.25) is 0 Å². The van der Waals surface area contributed by atoms with E-state index in [2.05, 4.69) is 57.6 Å². The number of hydrogen-bond donors (Lipinski definition) is 1. The van der Waals surface area contributed by atoms with Gasteiger partial charge in [0.15, 0.2) is 0 Å². The zero-order valence-electron chi connectivity index (χ0n) is 15.5. The minimum Gasteiger partial charge on any atom is -0.358 e. The van der Waals surface area contributed by atoms with Crippen LogP contribution in [0.5, 0.6) is 0 Å². The fourth-order valence-electron chi connectivity index (χ4n) is 4.92. The van der Waals surface area contributed by atoms with Crippen LogP contribution in [-0.2, 0) is 6.42 Å². The van der Waals surface area contributed by atoms with Crippen LogP contribution in [0.1, 0.15) is 43.6 Å². The van der Waals surface area contributed by atoms with Gasteiger partial charge >= 0.3 is 0 Å². The van der Waals surface area contributed by atoms with Crippen LogP contribution in [0.15, 0.2) is 30.3 Å². The van der Waals surface area contributed by atoms with Crippen molar-refractivity contribution in [3.8, 4) is 11.1 Å². The number of alkyl halides is 1. The molecule has 2 heterocycles. The maximum absolute atomic E-state index is 15.3. The lowest BCUT2D eigenvalue weighted by molar-refractivity contribution is 0.0666. The Hall–Kier alpha value is -1.47. The third-order valence-electron chi connectivity index (χ3n) is 5.83. The Morgan fingerprint density at radius 1 is 1.22 bits per heavy atom. The second-order valence-electron chi connectivity index (χ2n) is 8.44. The van der Waals surface area contributed by atoms with Gasteiger partial charge in [0, 0.05) is 50.3 Å². The minimum atomic E-state index is -1.35. The molecule has 5 heteroatoms. The van der Waals surface area contributed by atoms with E-state index >= 15 is 4.39 Å². The molecule has 2 atom stereocenters. The fraction of sp³-hybridized carbons (Fsp3) is 0.364. The minimum absolute atomic E-state index is 0.124. The number of aromatic amines is 1. The van der Waals surface area contributed by atoms with Crippen molar-refractivity contribution in [1.29, 1.82) is 0 Å². The molecule has 1 aliphatic heterocycles. The van der Waals surface area contributed by atoms with Gasteiger partial charge in [-0.25, -0.2) is 8.78 Å². The summed E-state index contributed by atoms with van der Waals surface area (Å²) < 4.78 is 30.9. The van der Waals surface area contributed by atoms with E-state index in [0.717, 1.165) is 37.9 Å². The van der Waals surface area contributed by atoms with Crippen molar-refractivity contribution < 1.29 is 8.78 Å². The molecule has 1 aromatic heterocycles. The monoisotopic (exact) mass is 478 g/mol. The normalized spacial score (nSPS) is 21.6. The summed E-state index contributed by atoms with van der Waals surface area (Å²) in [5.41, 5.74) is 4.72. The molecule has 0 saturated carbocycles. The molecule has 2 nitrogen and oxygen atoms in total. The second-order valence-corrected chi connectivity index (χ2v) is 9.69. The Labute approximate surface area is 171 Å². The average molecular weight is 478 g/mol. The maximum Gasteiger partial charge on any atom is 0.130 e. The van der Waals surface area contributed by atoms with Crippen molar-refractivity contribution in [3.05, 3.63) is 56.5 Å². The third-order valence-corrected chi connectivity index (χ3v) is 6.45. The third kappa shape index (κ3) is 2.58. The molecule has 2 unspecified atom stereocenters. The Morgan fingerprint density at radius 2 is 2.00 bits per heavy atom. The highest BCUT2D eigenvalue weighted by Crippen LogP contribution is 2.52. The van der Waals surface area contributed by atoms with E-state index in [4.69, 9.17) is 0 Å². The van der Waals surface area contributed by atoms with Crippen LogP contribution >= 0.6 is 22.6 Å². The highest BCUT2D eigenvalue weighted by atomic mass is 127. The van der Waals surface area contributed by atoms with E-state index in [-0.39, 0.29) is 24.4 Å². The number of nitrogens with zero attached hydrogens (tertiary/aromatic N) is 1. The number of fused-ring (bicyclic) bond motifs is 3. The zero-order chi connectivity index (χ0) is 19.1. The first-order valence-corrected chi connectivity index (χ1v) is 10.4. The second kappa shape index (κ2) is 5.77. The van der Waals surface area contributed by atoms with Gasteiger partial charge in [-0.1, -0.05) is 12.1 Å². The van der Waals surface area contributed by atoms with E-state index in [1.807, 2.05) is 6.07 Å². The lowest BCUT2D eigenvalue weighted by atomic mass is 9.78. The van der Waals surface area contributed by atoms with Crippen molar-refractivity contribution in [2.45, 2.75) is 44.9 Å². The van der Waals surface area contributed by atoms with E-state index in [9.17, 15) is 4.39 Å². The van der Waals surface area contributed by atoms with E-state index in [1.54, 1.807) is 19.9 Å². The molecule has 0 fully saturated rings. The van der Waals surface area contributed by atoms with Crippen molar-refractivity contribution in [3.63, 3.8) is 0 Å². The molecule has 0 radical (unpaired) electrons. The van der Waals surface area contributed by atoms with Crippen LogP contribution in [0, 0.1) is 9.39 Å². The number of H-pyrrole nitrogens is 1. The molecule has 1 N–H and O–H groups in total. The number of hydrogen-bond acceptors (Lipinski definition) is 1. The number of rotatable bonds is 2. The standard InChI is InChI=1S/C22H21F2IN2/c1-11-7-17-20-19-13(5-4-6-16(19)26-17)14-8-12(25)9-15(23)18(14)21(20)27(11)10-22(2,3)24/h4-6,8-9,11,21,26H,7,10H2,1-3H3. The molecule has 0 saturated heterocycles. The SMILES string of the molecule is CC1Cc2[nH]c3cccc4c3c2C(c2c(F)cc(I)cc2-4)N1CC(C)(C)F. The highest BCUT2D eigenvalue weighted by molar-refractivity contribution is 14.1. The van der Waals surface area contributed by atoms with Crippen LogP contribution in [0.25, 0.3) is 22.0 Å². The maximum atomic E-state index is 15.3. The van der Waals surface area contributed by atoms with Gasteiger partial charge in [-0.05, 0) is 72.7 Å². The van der Waals surface area contributed by atoms with Gasteiger partial charge in [-0.3, -0.25) is 4.90 Å². The predicted octanol–water partition coefficient (Wildman–Crippen LogP) is 5.98. The van der Waals surface area contributed by atoms with Crippen LogP contribution in [0.4, 0.5) is 8.78 Å². The van der Waals surface area contributed by atoms with Gasteiger partial charge in [0.05, 0.1) is 6.04 Å². The largest absolute Gasteiger partial charge is 0.358 e. The molecule has 0 amide bonds. The summed E-state index contributed by atoms with van der Waals surface area (Å²) in [6.45, 7) is 5.59. The van der Waals surface area contributed by atoms with Crippen molar-refractivity contribution in [1.82, 2.24) is 9.88 Å². The summed E-state index contributed by atoms with van der Waals surface area (Å²) in [4.78, 5) is 5.72. The van der Waals surface area contributed by atoms with Crippen molar-refractivity contribution >= 4 is 33.5 Å². The Morgan fingerprint density at radius 3 is 2.74 bits per heavy atom. The molecule has 5 rings (SSSR count). The zero-order valence-corrected chi connectivity index (χ0v) is 17.7. The highest BCUT2D eigenvalue weighted by Gasteiger charge is 2.43. The average Bonchev–Trinajstić information content (AvgIpc) is 2.92. The number of halogens is 3. The van der Waals surface area contributed by atoms with Crippen molar-refractivity contribution in [2.24, 2.45) is 0 Å². The van der Waals surface area contributed by atoms with Gasteiger partial charge in [0.2, 0.25) is 0 Å². The molecule has 0 spiro atoms. The number of benzene rings is 2. The summed E-state index contributed by atoms with van der Waals surface area (Å²) in [6.07, 6.45) is 0.817. The quantitative estimate of drug-likeness (QED) is 0.450. The van der Waals surface area contributed by atoms with Gasteiger partial charge in [0.25, 0.3) is 0 Å². The lowest BCUT2D eigenvalue weighted by Gasteiger charge is -2.45. The number of nitrogens with one attached hydrogen (secondary N) is 1. The van der Waals surface area contributed by atoms with Crippen LogP contribution in [0.3, 0.4) is 0 Å². The molecular formula is C22H21F2IN2. The summed E-state index contributed by atoms with van der Waals surface area (Å²) >= 11 is 2.17. The Kier molecular flexibility index (Phi) is 3.76. The summed E-state index contributed by atoms with van der Waals surface area (Å²) in [5, 5.41) is 1.17. The summed E-state index contributed by atoms with van der Waals surface area (Å²) in [6, 6.07) is 9.69. The van der Waals surface area contributed by atoms with E-state index in [1.165, 1.54) is 5.39 Å². The van der Waals surface area contributed by atoms with Gasteiger partial charge < -0.3 is 4.98 Å². The topological polar surface area (TPSA) is 19.0 Å². The molecule has 0 bridgehead atoms. The summed E-state index contributed by atoms with van der Waals surface area (Å²) in [5.74, 6) is -0.201. The lowest BCUT2D eigenvalue weighted by Crippen LogP contribution is -2.48. The molecule has 2 aliphatic rings. The molecule has 3 aromatic rings.